The topological polar surface area (TPSA) is 82.1 Å². The lowest BCUT2D eigenvalue weighted by Gasteiger charge is -2.19. The van der Waals surface area contributed by atoms with Gasteiger partial charge < -0.3 is 16.2 Å². The lowest BCUT2D eigenvalue weighted by molar-refractivity contribution is 0.259. The molecule has 0 aliphatic carbocycles. The smallest absolute Gasteiger partial charge is 0.101 e. The van der Waals surface area contributed by atoms with Gasteiger partial charge in [0.1, 0.15) is 6.07 Å². The number of aliphatic hydroxyl groups is 1. The molecule has 0 saturated heterocycles. The summed E-state index contributed by atoms with van der Waals surface area (Å²) in [7, 11) is 0. The van der Waals surface area contributed by atoms with Crippen LogP contribution in [-0.2, 0) is 0 Å². The molecule has 0 bridgehead atoms. The summed E-state index contributed by atoms with van der Waals surface area (Å²) in [5.41, 5.74) is 7.39. The molecule has 0 amide bonds. The largest absolute Gasteiger partial charge is 0.398 e. The molecule has 0 radical (unpaired) electrons. The van der Waals surface area contributed by atoms with E-state index < -0.39 is 0 Å². The number of rotatable bonds is 5. The van der Waals surface area contributed by atoms with E-state index in [4.69, 9.17) is 11.0 Å². The van der Waals surface area contributed by atoms with Crippen LogP contribution in [0, 0.1) is 17.2 Å². The predicted molar refractivity (Wildman–Crippen MR) is 69.5 cm³/mol. The number of nitriles is 1. The number of nitrogens with two attached hydrogens (primary N) is 1. The summed E-state index contributed by atoms with van der Waals surface area (Å²) in [6, 6.07) is 7.27. The van der Waals surface area contributed by atoms with Gasteiger partial charge in [-0.1, -0.05) is 13.8 Å². The van der Waals surface area contributed by atoms with Crippen LogP contribution >= 0.6 is 0 Å². The Bertz CT molecular complexity index is 410. The number of nitrogen functional groups attached to an aromatic ring is 1. The second kappa shape index (κ2) is 6.12. The van der Waals surface area contributed by atoms with Gasteiger partial charge in [0.05, 0.1) is 12.2 Å². The molecule has 4 N–H and O–H groups in total. The minimum Gasteiger partial charge on any atom is -0.398 e. The van der Waals surface area contributed by atoms with Crippen LogP contribution in [0.1, 0.15) is 25.8 Å². The van der Waals surface area contributed by atoms with Crippen molar-refractivity contribution in [2.75, 3.05) is 17.7 Å². The van der Waals surface area contributed by atoms with Crippen molar-refractivity contribution < 1.29 is 5.11 Å². The molecule has 1 unspecified atom stereocenters. The zero-order chi connectivity index (χ0) is 12.8. The van der Waals surface area contributed by atoms with Gasteiger partial charge in [0.15, 0.2) is 0 Å². The van der Waals surface area contributed by atoms with Crippen LogP contribution in [0.3, 0.4) is 0 Å². The first-order valence-electron chi connectivity index (χ1n) is 5.73. The molecule has 1 rings (SSSR count). The Balaban J connectivity index is 2.77. The maximum atomic E-state index is 9.27. The highest BCUT2D eigenvalue weighted by Gasteiger charge is 2.10. The van der Waals surface area contributed by atoms with Gasteiger partial charge in [0, 0.05) is 17.4 Å². The SMILES string of the molecule is CC(C)CC(CO)Nc1ccc(N)c(C#N)c1. The number of hydrogen-bond acceptors (Lipinski definition) is 4. The van der Waals surface area contributed by atoms with Gasteiger partial charge in [0.25, 0.3) is 0 Å². The van der Waals surface area contributed by atoms with Crippen molar-refractivity contribution in [3.8, 4) is 6.07 Å². The van der Waals surface area contributed by atoms with E-state index >= 15 is 0 Å². The second-order valence-corrected chi connectivity index (χ2v) is 4.57. The Morgan fingerprint density at radius 1 is 1.47 bits per heavy atom. The molecule has 0 spiro atoms. The van der Waals surface area contributed by atoms with Gasteiger partial charge in [-0.2, -0.15) is 5.26 Å². The molecule has 0 saturated carbocycles. The fourth-order valence-corrected chi connectivity index (χ4v) is 1.73. The van der Waals surface area contributed by atoms with Gasteiger partial charge in [-0.05, 0) is 30.5 Å². The first kappa shape index (κ1) is 13.3. The molecular formula is C13H19N3O. The normalized spacial score (nSPS) is 12.2. The molecule has 17 heavy (non-hydrogen) atoms. The Labute approximate surface area is 102 Å². The third-order valence-corrected chi connectivity index (χ3v) is 2.52. The van der Waals surface area contributed by atoms with E-state index in [0.29, 0.717) is 17.2 Å². The maximum absolute atomic E-state index is 9.27. The molecule has 0 aromatic heterocycles. The summed E-state index contributed by atoms with van der Waals surface area (Å²) in [4.78, 5) is 0. The van der Waals surface area contributed by atoms with Crippen molar-refractivity contribution in [3.05, 3.63) is 23.8 Å². The van der Waals surface area contributed by atoms with E-state index in [1.807, 2.05) is 12.1 Å². The van der Waals surface area contributed by atoms with Crippen molar-refractivity contribution in [2.45, 2.75) is 26.3 Å². The van der Waals surface area contributed by atoms with Crippen LogP contribution in [0.4, 0.5) is 11.4 Å². The summed E-state index contributed by atoms with van der Waals surface area (Å²) < 4.78 is 0. The van der Waals surface area contributed by atoms with Gasteiger partial charge in [-0.3, -0.25) is 0 Å². The summed E-state index contributed by atoms with van der Waals surface area (Å²) in [6.45, 7) is 4.28. The average molecular weight is 233 g/mol. The van der Waals surface area contributed by atoms with Gasteiger partial charge in [-0.15, -0.1) is 0 Å². The quantitative estimate of drug-likeness (QED) is 0.679. The highest BCUT2D eigenvalue weighted by atomic mass is 16.3. The molecule has 1 aromatic carbocycles. The molecule has 1 atom stereocenters. The zero-order valence-corrected chi connectivity index (χ0v) is 10.3. The van der Waals surface area contributed by atoms with Gasteiger partial charge in [-0.25, -0.2) is 0 Å². The molecule has 4 nitrogen and oxygen atoms in total. The van der Waals surface area contributed by atoms with Crippen molar-refractivity contribution in [1.82, 2.24) is 0 Å². The van der Waals surface area contributed by atoms with Gasteiger partial charge in [0.2, 0.25) is 0 Å². The molecular weight excluding hydrogens is 214 g/mol. The highest BCUT2D eigenvalue weighted by molar-refractivity contribution is 5.62. The van der Waals surface area contributed by atoms with Crippen molar-refractivity contribution in [1.29, 1.82) is 5.26 Å². The first-order chi connectivity index (χ1) is 8.06. The van der Waals surface area contributed by atoms with E-state index in [9.17, 15) is 5.11 Å². The van der Waals surface area contributed by atoms with E-state index in [2.05, 4.69) is 19.2 Å². The number of aliphatic hydroxyl groups excluding tert-OH is 1. The minimum atomic E-state index is 0.00478. The Morgan fingerprint density at radius 2 is 2.18 bits per heavy atom. The molecule has 92 valence electrons. The average Bonchev–Trinajstić information content (AvgIpc) is 2.30. The Hall–Kier alpha value is -1.73. The minimum absolute atomic E-state index is 0.00478. The monoisotopic (exact) mass is 233 g/mol. The highest BCUT2D eigenvalue weighted by Crippen LogP contribution is 2.19. The standard InChI is InChI=1S/C13H19N3O/c1-9(2)5-12(8-17)16-11-3-4-13(15)10(6-11)7-14/h3-4,6,9,12,16-17H,5,8,15H2,1-2H3. The molecule has 1 aromatic rings. The number of hydrogen-bond donors (Lipinski definition) is 3. The number of anilines is 2. The van der Waals surface area contributed by atoms with Gasteiger partial charge >= 0.3 is 0 Å². The lowest BCUT2D eigenvalue weighted by atomic mass is 10.0. The molecule has 0 fully saturated rings. The maximum Gasteiger partial charge on any atom is 0.101 e. The molecule has 4 heteroatoms. The fourth-order valence-electron chi connectivity index (χ4n) is 1.73. The predicted octanol–water partition coefficient (Wildman–Crippen LogP) is 1.96. The lowest BCUT2D eigenvalue weighted by Crippen LogP contribution is -2.25. The van der Waals surface area contributed by atoms with Crippen LogP contribution < -0.4 is 11.1 Å². The third-order valence-electron chi connectivity index (χ3n) is 2.52. The Kier molecular flexibility index (Phi) is 4.80. The molecule has 0 heterocycles. The first-order valence-corrected chi connectivity index (χ1v) is 5.73. The number of nitrogens with zero attached hydrogens (tertiary/aromatic N) is 1. The van der Waals surface area contributed by atoms with Crippen molar-refractivity contribution in [3.63, 3.8) is 0 Å². The van der Waals surface area contributed by atoms with Crippen LogP contribution in [0.25, 0.3) is 0 Å². The fraction of sp³-hybridized carbons (Fsp3) is 0.462. The van der Waals surface area contributed by atoms with Crippen LogP contribution in [0.5, 0.6) is 0 Å². The summed E-state index contributed by atoms with van der Waals surface area (Å²) >= 11 is 0. The summed E-state index contributed by atoms with van der Waals surface area (Å²) in [6.07, 6.45) is 0.878. The summed E-state index contributed by atoms with van der Waals surface area (Å²) in [5.74, 6) is 0.504. The van der Waals surface area contributed by atoms with E-state index in [-0.39, 0.29) is 12.6 Å². The van der Waals surface area contributed by atoms with E-state index in [0.717, 1.165) is 12.1 Å². The number of benzene rings is 1. The molecule has 0 aliphatic heterocycles. The zero-order valence-electron chi connectivity index (χ0n) is 10.3. The van der Waals surface area contributed by atoms with E-state index in [1.165, 1.54) is 0 Å². The van der Waals surface area contributed by atoms with Crippen LogP contribution in [0.15, 0.2) is 18.2 Å². The third kappa shape index (κ3) is 3.97. The molecule has 0 aliphatic rings. The van der Waals surface area contributed by atoms with Crippen LogP contribution in [0.2, 0.25) is 0 Å². The second-order valence-electron chi connectivity index (χ2n) is 4.57. The Morgan fingerprint density at radius 3 is 2.71 bits per heavy atom. The van der Waals surface area contributed by atoms with E-state index in [1.54, 1.807) is 12.1 Å². The van der Waals surface area contributed by atoms with Crippen LogP contribution in [-0.4, -0.2) is 17.8 Å². The van der Waals surface area contributed by atoms with Crippen molar-refractivity contribution in [2.24, 2.45) is 5.92 Å². The number of nitrogens with one attached hydrogen (secondary N) is 1. The summed E-state index contributed by atoms with van der Waals surface area (Å²) in [5, 5.41) is 21.3. The van der Waals surface area contributed by atoms with Crippen molar-refractivity contribution >= 4 is 11.4 Å².